The number of likely N-dealkylation sites (tertiary alicyclic amines) is 2. The number of piperidine rings is 2. The molecule has 3 aliphatic rings. The quantitative estimate of drug-likeness (QED) is 0.770. The van der Waals surface area contributed by atoms with Crippen LogP contribution in [0.4, 0.5) is 8.78 Å². The summed E-state index contributed by atoms with van der Waals surface area (Å²) in [6, 6.07) is 3.03. The number of rotatable bonds is 2. The van der Waals surface area contributed by atoms with Crippen LogP contribution in [0.5, 0.6) is 0 Å². The highest BCUT2D eigenvalue weighted by atomic mass is 19.1. The summed E-state index contributed by atoms with van der Waals surface area (Å²) < 4.78 is 27.0. The van der Waals surface area contributed by atoms with Gasteiger partial charge in [-0.25, -0.2) is 8.78 Å². The Morgan fingerprint density at radius 1 is 0.857 bits per heavy atom. The molecule has 152 valence electrons. The van der Waals surface area contributed by atoms with Gasteiger partial charge in [-0.3, -0.25) is 9.59 Å². The molecule has 2 heterocycles. The molecule has 2 atom stereocenters. The molecule has 0 radical (unpaired) electrons. The smallest absolute Gasteiger partial charge is 0.256 e. The van der Waals surface area contributed by atoms with E-state index in [0.717, 1.165) is 37.6 Å². The first-order chi connectivity index (χ1) is 13.5. The molecule has 0 aromatic heterocycles. The van der Waals surface area contributed by atoms with Crippen molar-refractivity contribution in [2.75, 3.05) is 26.2 Å². The molecule has 4 nitrogen and oxygen atoms in total. The fourth-order valence-electron chi connectivity index (χ4n) is 5.22. The van der Waals surface area contributed by atoms with Crippen LogP contribution in [-0.4, -0.2) is 47.8 Å². The second-order valence-electron chi connectivity index (χ2n) is 8.57. The Bertz CT molecular complexity index is 746. The Hall–Kier alpha value is -1.98. The predicted octanol–water partition coefficient (Wildman–Crippen LogP) is 3.86. The molecule has 1 aliphatic carbocycles. The Labute approximate surface area is 164 Å². The first kappa shape index (κ1) is 19.3. The summed E-state index contributed by atoms with van der Waals surface area (Å²) in [5, 5.41) is 0. The summed E-state index contributed by atoms with van der Waals surface area (Å²) in [6.45, 7) is 2.63. The van der Waals surface area contributed by atoms with E-state index in [2.05, 4.69) is 0 Å². The van der Waals surface area contributed by atoms with Crippen LogP contribution in [0.15, 0.2) is 18.2 Å². The third-order valence-electron chi connectivity index (χ3n) is 6.90. The molecule has 1 aromatic rings. The molecule has 2 aliphatic heterocycles. The van der Waals surface area contributed by atoms with Crippen molar-refractivity contribution in [3.8, 4) is 0 Å². The van der Waals surface area contributed by atoms with Crippen molar-refractivity contribution < 1.29 is 18.4 Å². The summed E-state index contributed by atoms with van der Waals surface area (Å²) in [5.41, 5.74) is -0.106. The largest absolute Gasteiger partial charge is 0.342 e. The maximum absolute atomic E-state index is 13.9. The number of hydrogen-bond acceptors (Lipinski definition) is 2. The summed E-state index contributed by atoms with van der Waals surface area (Å²) in [6.07, 6.45) is 7.51. The van der Waals surface area contributed by atoms with Crippen molar-refractivity contribution in [3.63, 3.8) is 0 Å². The number of carbonyl (C=O) groups is 2. The van der Waals surface area contributed by atoms with Crippen molar-refractivity contribution in [3.05, 3.63) is 35.4 Å². The second kappa shape index (κ2) is 8.18. The minimum Gasteiger partial charge on any atom is -0.342 e. The van der Waals surface area contributed by atoms with E-state index >= 15 is 0 Å². The van der Waals surface area contributed by atoms with Crippen molar-refractivity contribution in [2.45, 2.75) is 44.9 Å². The maximum atomic E-state index is 13.9. The van der Waals surface area contributed by atoms with Crippen molar-refractivity contribution in [1.29, 1.82) is 0 Å². The second-order valence-corrected chi connectivity index (χ2v) is 8.57. The Morgan fingerprint density at radius 2 is 1.54 bits per heavy atom. The lowest BCUT2D eigenvalue weighted by molar-refractivity contribution is -0.140. The van der Waals surface area contributed by atoms with Gasteiger partial charge in [0, 0.05) is 38.2 Å². The van der Waals surface area contributed by atoms with Crippen LogP contribution >= 0.6 is 0 Å². The van der Waals surface area contributed by atoms with Crippen LogP contribution in [-0.2, 0) is 4.79 Å². The zero-order valence-corrected chi connectivity index (χ0v) is 16.2. The van der Waals surface area contributed by atoms with Gasteiger partial charge in [-0.15, -0.1) is 0 Å². The standard InChI is InChI=1S/C22H28F2N2O2/c23-18-5-6-19(20(24)13-18)22(28)25-10-8-16(9-11-25)21(27)26-12-7-15-3-1-2-4-17(15)14-26/h5-6,13,15-17H,1-4,7-12,14H2/t15-,17-/m1/s1. The lowest BCUT2D eigenvalue weighted by atomic mass is 9.75. The van der Waals surface area contributed by atoms with Gasteiger partial charge in [0.05, 0.1) is 5.56 Å². The van der Waals surface area contributed by atoms with Crippen molar-refractivity contribution >= 4 is 11.8 Å². The molecular formula is C22H28F2N2O2. The number of hydrogen-bond donors (Lipinski definition) is 0. The predicted molar refractivity (Wildman–Crippen MR) is 102 cm³/mol. The third kappa shape index (κ3) is 3.91. The van der Waals surface area contributed by atoms with E-state index in [1.807, 2.05) is 4.90 Å². The summed E-state index contributed by atoms with van der Waals surface area (Å²) in [5.74, 6) is -0.325. The van der Waals surface area contributed by atoms with Gasteiger partial charge < -0.3 is 9.80 Å². The molecule has 4 rings (SSSR count). The van der Waals surface area contributed by atoms with Crippen molar-refractivity contribution in [2.24, 2.45) is 17.8 Å². The van der Waals surface area contributed by atoms with Gasteiger partial charge >= 0.3 is 0 Å². The van der Waals surface area contributed by atoms with E-state index in [1.54, 1.807) is 4.90 Å². The summed E-state index contributed by atoms with van der Waals surface area (Å²) in [7, 11) is 0. The SMILES string of the molecule is O=C(c1ccc(F)cc1F)N1CCC(C(=O)N2CC[C@H]3CCCC[C@@H]3C2)CC1. The molecule has 2 amide bonds. The number of halogens is 2. The van der Waals surface area contributed by atoms with Gasteiger partial charge in [-0.05, 0) is 49.7 Å². The normalized spacial score (nSPS) is 26.1. The lowest BCUT2D eigenvalue weighted by Crippen LogP contribution is -2.49. The highest BCUT2D eigenvalue weighted by Crippen LogP contribution is 2.37. The van der Waals surface area contributed by atoms with Crippen LogP contribution in [0.25, 0.3) is 0 Å². The van der Waals surface area contributed by atoms with Gasteiger partial charge in [0.2, 0.25) is 5.91 Å². The number of benzene rings is 1. The molecule has 6 heteroatoms. The average Bonchev–Trinajstić information content (AvgIpc) is 2.72. The van der Waals surface area contributed by atoms with Crippen LogP contribution in [0.1, 0.15) is 55.3 Å². The number of nitrogens with zero attached hydrogens (tertiary/aromatic N) is 2. The van der Waals surface area contributed by atoms with E-state index in [9.17, 15) is 18.4 Å². The number of carbonyl (C=O) groups excluding carboxylic acids is 2. The average molecular weight is 390 g/mol. The highest BCUT2D eigenvalue weighted by molar-refractivity contribution is 5.94. The third-order valence-corrected chi connectivity index (χ3v) is 6.90. The fraction of sp³-hybridized carbons (Fsp3) is 0.636. The van der Waals surface area contributed by atoms with E-state index in [1.165, 1.54) is 31.7 Å². The molecule has 28 heavy (non-hydrogen) atoms. The van der Waals surface area contributed by atoms with Gasteiger partial charge in [-0.2, -0.15) is 0 Å². The van der Waals surface area contributed by atoms with Crippen LogP contribution in [0.2, 0.25) is 0 Å². The minimum atomic E-state index is -0.835. The lowest BCUT2D eigenvalue weighted by Gasteiger charge is -2.43. The highest BCUT2D eigenvalue weighted by Gasteiger charge is 2.36. The first-order valence-corrected chi connectivity index (χ1v) is 10.6. The zero-order valence-electron chi connectivity index (χ0n) is 16.2. The van der Waals surface area contributed by atoms with Crippen LogP contribution < -0.4 is 0 Å². The van der Waals surface area contributed by atoms with E-state index in [-0.39, 0.29) is 17.4 Å². The number of fused-ring (bicyclic) bond motifs is 1. The van der Waals surface area contributed by atoms with Gasteiger partial charge in [0.25, 0.3) is 5.91 Å². The van der Waals surface area contributed by atoms with Gasteiger partial charge in [-0.1, -0.05) is 19.3 Å². The topological polar surface area (TPSA) is 40.6 Å². The Balaban J connectivity index is 1.32. The maximum Gasteiger partial charge on any atom is 0.256 e. The Kier molecular flexibility index (Phi) is 5.65. The van der Waals surface area contributed by atoms with Crippen molar-refractivity contribution in [1.82, 2.24) is 9.80 Å². The molecular weight excluding hydrogens is 362 g/mol. The first-order valence-electron chi connectivity index (χ1n) is 10.6. The molecule has 2 saturated heterocycles. The van der Waals surface area contributed by atoms with E-state index in [4.69, 9.17) is 0 Å². The number of amides is 2. The molecule has 1 aromatic carbocycles. The van der Waals surface area contributed by atoms with Gasteiger partial charge in [0.1, 0.15) is 11.6 Å². The Morgan fingerprint density at radius 3 is 2.25 bits per heavy atom. The van der Waals surface area contributed by atoms with E-state index < -0.39 is 17.5 Å². The van der Waals surface area contributed by atoms with E-state index in [0.29, 0.717) is 31.8 Å². The molecule has 0 unspecified atom stereocenters. The van der Waals surface area contributed by atoms with Crippen LogP contribution in [0, 0.1) is 29.4 Å². The monoisotopic (exact) mass is 390 g/mol. The van der Waals surface area contributed by atoms with Crippen LogP contribution in [0.3, 0.4) is 0 Å². The zero-order chi connectivity index (χ0) is 19.7. The summed E-state index contributed by atoms with van der Waals surface area (Å²) in [4.78, 5) is 29.1. The fourth-order valence-corrected chi connectivity index (χ4v) is 5.22. The molecule has 0 bridgehead atoms. The van der Waals surface area contributed by atoms with Gasteiger partial charge in [0.15, 0.2) is 0 Å². The molecule has 0 N–H and O–H groups in total. The minimum absolute atomic E-state index is 0.0535. The molecule has 3 fully saturated rings. The summed E-state index contributed by atoms with van der Waals surface area (Å²) >= 11 is 0. The molecule has 1 saturated carbocycles. The molecule has 0 spiro atoms.